The average molecular weight is 451 g/mol. The summed E-state index contributed by atoms with van der Waals surface area (Å²) in [4.78, 5) is 38.8. The van der Waals surface area contributed by atoms with Gasteiger partial charge in [0, 0.05) is 19.0 Å². The van der Waals surface area contributed by atoms with Crippen molar-refractivity contribution in [3.8, 4) is 11.1 Å². The van der Waals surface area contributed by atoms with Gasteiger partial charge < -0.3 is 20.1 Å². The van der Waals surface area contributed by atoms with E-state index in [1.165, 1.54) is 0 Å². The second kappa shape index (κ2) is 9.25. The summed E-state index contributed by atoms with van der Waals surface area (Å²) in [6.07, 6.45) is 0.982. The molecule has 0 aromatic heterocycles. The molecule has 7 heteroatoms. The SMILES string of the molecule is CCC1(C(=O)O)CCCN(C(=O)[C@@H](C)NC(=O)OCC2c3ccccc3-c3ccccc32)C1. The van der Waals surface area contributed by atoms with Gasteiger partial charge in [-0.25, -0.2) is 4.79 Å². The summed E-state index contributed by atoms with van der Waals surface area (Å²) in [7, 11) is 0. The molecule has 2 N–H and O–H groups in total. The number of alkyl carbamates (subject to hydrolysis) is 1. The Morgan fingerprint density at radius 1 is 1.12 bits per heavy atom. The van der Waals surface area contributed by atoms with Crippen molar-refractivity contribution in [3.05, 3.63) is 59.7 Å². The highest BCUT2D eigenvalue weighted by Gasteiger charge is 2.43. The molecule has 0 radical (unpaired) electrons. The Balaban J connectivity index is 1.37. The number of ether oxygens (including phenoxy) is 1. The fourth-order valence-corrected chi connectivity index (χ4v) is 5.09. The molecule has 7 nitrogen and oxygen atoms in total. The van der Waals surface area contributed by atoms with E-state index in [1.807, 2.05) is 43.3 Å². The third-order valence-corrected chi connectivity index (χ3v) is 7.07. The molecule has 33 heavy (non-hydrogen) atoms. The maximum Gasteiger partial charge on any atom is 0.407 e. The van der Waals surface area contributed by atoms with Crippen molar-refractivity contribution in [1.82, 2.24) is 10.2 Å². The number of fused-ring (bicyclic) bond motifs is 3. The van der Waals surface area contributed by atoms with Gasteiger partial charge in [0.15, 0.2) is 0 Å². The molecule has 2 amide bonds. The molecule has 1 aliphatic heterocycles. The molecule has 1 unspecified atom stereocenters. The number of piperidine rings is 1. The lowest BCUT2D eigenvalue weighted by atomic mass is 9.77. The number of aliphatic carboxylic acids is 1. The van der Waals surface area contributed by atoms with Crippen molar-refractivity contribution < 1.29 is 24.2 Å². The van der Waals surface area contributed by atoms with E-state index in [-0.39, 0.29) is 25.0 Å². The van der Waals surface area contributed by atoms with Crippen LogP contribution >= 0.6 is 0 Å². The zero-order valence-electron chi connectivity index (χ0n) is 19.0. The number of rotatable bonds is 6. The Kier molecular flexibility index (Phi) is 6.40. The minimum Gasteiger partial charge on any atom is -0.481 e. The fraction of sp³-hybridized carbons (Fsp3) is 0.423. The lowest BCUT2D eigenvalue weighted by molar-refractivity contribution is -0.155. The number of carbonyl (C=O) groups excluding carboxylic acids is 2. The number of hydrogen-bond acceptors (Lipinski definition) is 4. The van der Waals surface area contributed by atoms with Crippen LogP contribution in [0.4, 0.5) is 4.79 Å². The van der Waals surface area contributed by atoms with E-state index < -0.39 is 23.5 Å². The fourth-order valence-electron chi connectivity index (χ4n) is 5.09. The normalized spacial score (nSPS) is 20.5. The molecule has 2 atom stereocenters. The van der Waals surface area contributed by atoms with E-state index in [2.05, 4.69) is 17.4 Å². The topological polar surface area (TPSA) is 95.9 Å². The molecule has 0 spiro atoms. The lowest BCUT2D eigenvalue weighted by Gasteiger charge is -2.40. The van der Waals surface area contributed by atoms with Crippen LogP contribution in [0.3, 0.4) is 0 Å². The highest BCUT2D eigenvalue weighted by Crippen LogP contribution is 2.44. The predicted octanol–water partition coefficient (Wildman–Crippen LogP) is 4.02. The van der Waals surface area contributed by atoms with Crippen LogP contribution in [-0.2, 0) is 14.3 Å². The lowest BCUT2D eigenvalue weighted by Crippen LogP contribution is -2.54. The van der Waals surface area contributed by atoms with Crippen molar-refractivity contribution in [3.63, 3.8) is 0 Å². The molecule has 4 rings (SSSR count). The first kappa shape index (κ1) is 22.8. The molecule has 0 saturated carbocycles. The average Bonchev–Trinajstić information content (AvgIpc) is 3.15. The van der Waals surface area contributed by atoms with Crippen LogP contribution in [0.2, 0.25) is 0 Å². The van der Waals surface area contributed by atoms with Gasteiger partial charge in [0.1, 0.15) is 12.6 Å². The van der Waals surface area contributed by atoms with Crippen molar-refractivity contribution in [2.75, 3.05) is 19.7 Å². The van der Waals surface area contributed by atoms with Gasteiger partial charge in [0.2, 0.25) is 5.91 Å². The number of carbonyl (C=O) groups is 3. The van der Waals surface area contributed by atoms with E-state index >= 15 is 0 Å². The zero-order valence-corrected chi connectivity index (χ0v) is 19.0. The van der Waals surface area contributed by atoms with Crippen LogP contribution in [0.1, 0.15) is 50.2 Å². The highest BCUT2D eigenvalue weighted by atomic mass is 16.5. The smallest absolute Gasteiger partial charge is 0.407 e. The van der Waals surface area contributed by atoms with Crippen LogP contribution in [0.5, 0.6) is 0 Å². The first-order chi connectivity index (χ1) is 15.9. The van der Waals surface area contributed by atoms with Gasteiger partial charge in [0.25, 0.3) is 0 Å². The monoisotopic (exact) mass is 450 g/mol. The van der Waals surface area contributed by atoms with Gasteiger partial charge in [-0.3, -0.25) is 9.59 Å². The van der Waals surface area contributed by atoms with Crippen molar-refractivity contribution >= 4 is 18.0 Å². The Labute approximate surface area is 193 Å². The molecule has 2 aromatic rings. The molecule has 1 heterocycles. The first-order valence-electron chi connectivity index (χ1n) is 11.5. The van der Waals surface area contributed by atoms with Gasteiger partial charge in [0.05, 0.1) is 5.41 Å². The van der Waals surface area contributed by atoms with Crippen LogP contribution < -0.4 is 5.32 Å². The number of nitrogens with one attached hydrogen (secondary N) is 1. The number of amides is 2. The quantitative estimate of drug-likeness (QED) is 0.693. The Bertz CT molecular complexity index is 1020. The van der Waals surface area contributed by atoms with Crippen molar-refractivity contribution in [1.29, 1.82) is 0 Å². The third kappa shape index (κ3) is 4.32. The molecule has 1 fully saturated rings. The number of nitrogens with zero attached hydrogens (tertiary/aromatic N) is 1. The van der Waals surface area contributed by atoms with Crippen LogP contribution in [0.15, 0.2) is 48.5 Å². The molecule has 174 valence electrons. The van der Waals surface area contributed by atoms with Crippen LogP contribution in [-0.4, -0.2) is 53.7 Å². The molecular formula is C26H30N2O5. The number of carboxylic acid groups (broad SMARTS) is 1. The van der Waals surface area contributed by atoms with Gasteiger partial charge in [-0.05, 0) is 48.4 Å². The number of carboxylic acids is 1. The Hall–Kier alpha value is -3.35. The van der Waals surface area contributed by atoms with E-state index in [0.717, 1.165) is 22.3 Å². The molecule has 2 aliphatic rings. The van der Waals surface area contributed by atoms with Gasteiger partial charge in [-0.15, -0.1) is 0 Å². The Morgan fingerprint density at radius 2 is 1.73 bits per heavy atom. The standard InChI is InChI=1S/C26H30N2O5/c1-3-26(24(30)31)13-8-14-28(16-26)23(29)17(2)27-25(32)33-15-22-20-11-6-4-9-18(20)19-10-5-7-12-21(19)22/h4-7,9-12,17,22H,3,8,13-16H2,1-2H3,(H,27,32)(H,30,31)/t17-,26?/m1/s1. The summed E-state index contributed by atoms with van der Waals surface area (Å²) in [5.41, 5.74) is 3.61. The second-order valence-electron chi connectivity index (χ2n) is 8.99. The van der Waals surface area contributed by atoms with Gasteiger partial charge in [-0.2, -0.15) is 0 Å². The summed E-state index contributed by atoms with van der Waals surface area (Å²) < 4.78 is 5.53. The van der Waals surface area contributed by atoms with Gasteiger partial charge in [-0.1, -0.05) is 55.5 Å². The van der Waals surface area contributed by atoms with Crippen LogP contribution in [0.25, 0.3) is 11.1 Å². The third-order valence-electron chi connectivity index (χ3n) is 7.07. The van der Waals surface area contributed by atoms with Gasteiger partial charge >= 0.3 is 12.1 Å². The molecular weight excluding hydrogens is 420 g/mol. The number of benzene rings is 2. The zero-order chi connectivity index (χ0) is 23.6. The van der Waals surface area contributed by atoms with Crippen molar-refractivity contribution in [2.45, 2.75) is 45.1 Å². The van der Waals surface area contributed by atoms with E-state index in [1.54, 1.807) is 11.8 Å². The maximum atomic E-state index is 12.9. The largest absolute Gasteiger partial charge is 0.481 e. The number of hydrogen-bond donors (Lipinski definition) is 2. The van der Waals surface area contributed by atoms with E-state index in [4.69, 9.17) is 4.74 Å². The minimum absolute atomic E-state index is 0.0583. The van der Waals surface area contributed by atoms with E-state index in [0.29, 0.717) is 25.8 Å². The molecule has 1 saturated heterocycles. The second-order valence-corrected chi connectivity index (χ2v) is 8.99. The molecule has 2 aromatic carbocycles. The number of likely N-dealkylation sites (tertiary alicyclic amines) is 1. The summed E-state index contributed by atoms with van der Waals surface area (Å²) in [6.45, 7) is 4.26. The molecule has 1 aliphatic carbocycles. The summed E-state index contributed by atoms with van der Waals surface area (Å²) >= 11 is 0. The van der Waals surface area contributed by atoms with Crippen molar-refractivity contribution in [2.24, 2.45) is 5.41 Å². The highest BCUT2D eigenvalue weighted by molar-refractivity contribution is 5.86. The summed E-state index contributed by atoms with van der Waals surface area (Å²) in [6, 6.07) is 15.4. The predicted molar refractivity (Wildman–Crippen MR) is 124 cm³/mol. The summed E-state index contributed by atoms with van der Waals surface area (Å²) in [5.74, 6) is -1.22. The summed E-state index contributed by atoms with van der Waals surface area (Å²) in [5, 5.41) is 12.3. The maximum absolute atomic E-state index is 12.9. The molecule has 0 bridgehead atoms. The Morgan fingerprint density at radius 3 is 2.30 bits per heavy atom. The first-order valence-corrected chi connectivity index (χ1v) is 11.5. The van der Waals surface area contributed by atoms with E-state index in [9.17, 15) is 19.5 Å². The minimum atomic E-state index is -0.919. The van der Waals surface area contributed by atoms with Crippen LogP contribution in [0, 0.1) is 5.41 Å².